The maximum atomic E-state index is 3.53. The predicted octanol–water partition coefficient (Wildman–Crippen LogP) is 2.03. The lowest BCUT2D eigenvalue weighted by Gasteiger charge is -2.39. The highest BCUT2D eigenvalue weighted by molar-refractivity contribution is 5.67. The molecule has 1 aromatic carbocycles. The van der Waals surface area contributed by atoms with Gasteiger partial charge in [-0.15, -0.1) is 0 Å². The molecule has 2 atom stereocenters. The van der Waals surface area contributed by atoms with Crippen LogP contribution in [-0.2, 0) is 6.42 Å². The van der Waals surface area contributed by atoms with Crippen LogP contribution in [-0.4, -0.2) is 25.2 Å². The Labute approximate surface area is 97.6 Å². The summed E-state index contributed by atoms with van der Waals surface area (Å²) in [6, 6.07) is 5.90. The van der Waals surface area contributed by atoms with Gasteiger partial charge in [-0.1, -0.05) is 12.1 Å². The van der Waals surface area contributed by atoms with Gasteiger partial charge in [-0.25, -0.2) is 0 Å². The van der Waals surface area contributed by atoms with Crippen molar-refractivity contribution in [2.75, 3.05) is 18.0 Å². The number of rotatable bonds is 0. The van der Waals surface area contributed by atoms with Crippen LogP contribution in [0, 0.1) is 13.8 Å². The van der Waals surface area contributed by atoms with Crippen LogP contribution in [0.2, 0.25) is 0 Å². The van der Waals surface area contributed by atoms with Gasteiger partial charge in [0.05, 0.1) is 0 Å². The molecule has 0 bridgehead atoms. The van der Waals surface area contributed by atoms with Crippen molar-refractivity contribution in [1.29, 1.82) is 0 Å². The van der Waals surface area contributed by atoms with E-state index in [-0.39, 0.29) is 0 Å². The van der Waals surface area contributed by atoms with Gasteiger partial charge in [-0.05, 0) is 43.9 Å². The Morgan fingerprint density at radius 3 is 2.88 bits per heavy atom. The summed E-state index contributed by atoms with van der Waals surface area (Å²) in [4.78, 5) is 2.65. The van der Waals surface area contributed by atoms with E-state index in [2.05, 4.69) is 43.1 Å². The van der Waals surface area contributed by atoms with E-state index in [4.69, 9.17) is 0 Å². The van der Waals surface area contributed by atoms with Crippen molar-refractivity contribution in [1.82, 2.24) is 5.32 Å². The minimum Gasteiger partial charge on any atom is -0.363 e. The molecule has 0 spiro atoms. The van der Waals surface area contributed by atoms with Crippen molar-refractivity contribution in [2.24, 2.45) is 0 Å². The minimum absolute atomic E-state index is 0.625. The topological polar surface area (TPSA) is 15.3 Å². The van der Waals surface area contributed by atoms with Crippen molar-refractivity contribution in [3.05, 3.63) is 28.8 Å². The molecule has 1 saturated heterocycles. The average molecular weight is 216 g/mol. The van der Waals surface area contributed by atoms with E-state index in [1.807, 2.05) is 0 Å². The van der Waals surface area contributed by atoms with Gasteiger partial charge in [0.1, 0.15) is 0 Å². The molecule has 1 fully saturated rings. The third-order valence-electron chi connectivity index (χ3n) is 4.19. The number of nitrogens with one attached hydrogen (secondary N) is 1. The minimum atomic E-state index is 0.625. The first-order chi connectivity index (χ1) is 7.68. The van der Waals surface area contributed by atoms with Crippen molar-refractivity contribution in [3.63, 3.8) is 0 Å². The molecule has 0 radical (unpaired) electrons. The molecule has 1 N–H and O–H groups in total. The average Bonchev–Trinajstić information content (AvgIpc) is 2.64. The highest BCUT2D eigenvalue weighted by atomic mass is 15.3. The van der Waals surface area contributed by atoms with E-state index in [0.717, 1.165) is 13.1 Å². The number of hydrogen-bond acceptors (Lipinski definition) is 2. The van der Waals surface area contributed by atoms with E-state index in [0.29, 0.717) is 12.1 Å². The van der Waals surface area contributed by atoms with Crippen molar-refractivity contribution < 1.29 is 0 Å². The van der Waals surface area contributed by atoms with Crippen LogP contribution in [0.3, 0.4) is 0 Å². The van der Waals surface area contributed by atoms with Gasteiger partial charge < -0.3 is 10.2 Å². The molecule has 86 valence electrons. The van der Waals surface area contributed by atoms with Crippen LogP contribution >= 0.6 is 0 Å². The third kappa shape index (κ3) is 1.29. The fourth-order valence-corrected chi connectivity index (χ4v) is 3.22. The molecule has 2 nitrogen and oxygen atoms in total. The van der Waals surface area contributed by atoms with Crippen molar-refractivity contribution in [3.8, 4) is 0 Å². The van der Waals surface area contributed by atoms with E-state index in [9.17, 15) is 0 Å². The second-order valence-corrected chi connectivity index (χ2v) is 5.29. The smallest absolute Gasteiger partial charge is 0.0459 e. The molecule has 1 aromatic rings. The molecule has 0 unspecified atom stereocenters. The van der Waals surface area contributed by atoms with Gasteiger partial charge in [0.2, 0.25) is 0 Å². The molecular formula is C14H20N2. The first-order valence-electron chi connectivity index (χ1n) is 6.26. The Kier molecular flexibility index (Phi) is 2.21. The number of benzene rings is 1. The van der Waals surface area contributed by atoms with Crippen LogP contribution in [0.15, 0.2) is 12.1 Å². The molecule has 2 aliphatic heterocycles. The summed E-state index contributed by atoms with van der Waals surface area (Å²) >= 11 is 0. The van der Waals surface area contributed by atoms with Gasteiger partial charge >= 0.3 is 0 Å². The first-order valence-corrected chi connectivity index (χ1v) is 6.26. The Morgan fingerprint density at radius 1 is 1.25 bits per heavy atom. The maximum absolute atomic E-state index is 3.53. The molecule has 0 amide bonds. The normalized spacial score (nSPS) is 27.8. The van der Waals surface area contributed by atoms with E-state index in [1.165, 1.54) is 23.2 Å². The summed E-state index contributed by atoms with van der Waals surface area (Å²) in [6.07, 6.45) is 1.22. The fourth-order valence-electron chi connectivity index (χ4n) is 3.22. The number of nitrogens with zero attached hydrogens (tertiary/aromatic N) is 1. The van der Waals surface area contributed by atoms with Gasteiger partial charge in [0, 0.05) is 30.9 Å². The maximum Gasteiger partial charge on any atom is 0.0459 e. The van der Waals surface area contributed by atoms with E-state index >= 15 is 0 Å². The summed E-state index contributed by atoms with van der Waals surface area (Å²) in [6.45, 7) is 9.07. The molecule has 0 aromatic heterocycles. The number of aryl methyl sites for hydroxylation is 1. The Bertz CT molecular complexity index is 425. The Balaban J connectivity index is 2.11. The van der Waals surface area contributed by atoms with Crippen LogP contribution < -0.4 is 10.2 Å². The Hall–Kier alpha value is -1.02. The van der Waals surface area contributed by atoms with Gasteiger partial charge in [-0.3, -0.25) is 0 Å². The summed E-state index contributed by atoms with van der Waals surface area (Å²) in [5.74, 6) is 0. The van der Waals surface area contributed by atoms with Gasteiger partial charge in [0.15, 0.2) is 0 Å². The molecule has 3 rings (SSSR count). The largest absolute Gasteiger partial charge is 0.363 e. The van der Waals surface area contributed by atoms with Crippen LogP contribution in [0.1, 0.15) is 23.6 Å². The standard InChI is InChI=1S/C14H20N2/c1-9-4-5-12-6-13-8-15-7-10(2)16(13)14(12)11(9)3/h4-5,10,13,15H,6-8H2,1-3H3/t10-,13-/m1/s1. The first kappa shape index (κ1) is 10.2. The molecule has 2 heteroatoms. The van der Waals surface area contributed by atoms with Gasteiger partial charge in [-0.2, -0.15) is 0 Å². The lowest BCUT2D eigenvalue weighted by atomic mass is 10.0. The lowest BCUT2D eigenvalue weighted by molar-refractivity contribution is 0.429. The molecule has 0 saturated carbocycles. The van der Waals surface area contributed by atoms with Gasteiger partial charge in [0.25, 0.3) is 0 Å². The summed E-state index contributed by atoms with van der Waals surface area (Å²) in [7, 11) is 0. The summed E-state index contributed by atoms with van der Waals surface area (Å²) in [5, 5.41) is 3.53. The number of piperazine rings is 1. The Morgan fingerprint density at radius 2 is 2.06 bits per heavy atom. The molecular weight excluding hydrogens is 196 g/mol. The number of hydrogen-bond donors (Lipinski definition) is 1. The monoisotopic (exact) mass is 216 g/mol. The molecule has 2 aliphatic rings. The van der Waals surface area contributed by atoms with Crippen molar-refractivity contribution >= 4 is 5.69 Å². The molecule has 0 aliphatic carbocycles. The highest BCUT2D eigenvalue weighted by Gasteiger charge is 2.35. The zero-order chi connectivity index (χ0) is 11.3. The highest BCUT2D eigenvalue weighted by Crippen LogP contribution is 2.38. The SMILES string of the molecule is Cc1ccc2c(c1C)N1[C@@H](CNC[C@H]1C)C2. The second-order valence-electron chi connectivity index (χ2n) is 5.29. The zero-order valence-corrected chi connectivity index (χ0v) is 10.4. The zero-order valence-electron chi connectivity index (χ0n) is 10.4. The number of anilines is 1. The molecule has 16 heavy (non-hydrogen) atoms. The summed E-state index contributed by atoms with van der Waals surface area (Å²) < 4.78 is 0. The van der Waals surface area contributed by atoms with Crippen molar-refractivity contribution in [2.45, 2.75) is 39.3 Å². The summed E-state index contributed by atoms with van der Waals surface area (Å²) in [5.41, 5.74) is 5.97. The third-order valence-corrected chi connectivity index (χ3v) is 4.19. The van der Waals surface area contributed by atoms with E-state index in [1.54, 1.807) is 5.56 Å². The second kappa shape index (κ2) is 3.49. The van der Waals surface area contributed by atoms with Crippen LogP contribution in [0.4, 0.5) is 5.69 Å². The predicted molar refractivity (Wildman–Crippen MR) is 68.2 cm³/mol. The van der Waals surface area contributed by atoms with Crippen LogP contribution in [0.25, 0.3) is 0 Å². The fraction of sp³-hybridized carbons (Fsp3) is 0.571. The molecule has 2 heterocycles. The quantitative estimate of drug-likeness (QED) is 0.714. The van der Waals surface area contributed by atoms with E-state index < -0.39 is 0 Å². The number of fused-ring (bicyclic) bond motifs is 3. The van der Waals surface area contributed by atoms with Crippen LogP contribution in [0.5, 0.6) is 0 Å². The lowest BCUT2D eigenvalue weighted by Crippen LogP contribution is -2.55.